The molecule has 0 radical (unpaired) electrons. The number of amidine groups is 1. The molecule has 5 heteroatoms. The van der Waals surface area contributed by atoms with Crippen molar-refractivity contribution in [2.45, 2.75) is 19.4 Å². The third-order valence-electron chi connectivity index (χ3n) is 2.00. The number of thiophene rings is 1. The fourth-order valence-electron chi connectivity index (χ4n) is 1.06. The van der Waals surface area contributed by atoms with Gasteiger partial charge >= 0.3 is 0 Å². The molecule has 1 rings (SSSR count). The van der Waals surface area contributed by atoms with Crippen molar-refractivity contribution in [3.05, 3.63) is 22.4 Å². The Balaban J connectivity index is 2.22. The van der Waals surface area contributed by atoms with Gasteiger partial charge in [-0.3, -0.25) is 0 Å². The lowest BCUT2D eigenvalue weighted by molar-refractivity contribution is 0.315. The molecule has 0 amide bonds. The van der Waals surface area contributed by atoms with Crippen LogP contribution in [0.4, 0.5) is 0 Å². The van der Waals surface area contributed by atoms with Crippen LogP contribution in [0.2, 0.25) is 0 Å². The van der Waals surface area contributed by atoms with E-state index in [1.807, 2.05) is 6.92 Å². The van der Waals surface area contributed by atoms with Gasteiger partial charge in [-0.2, -0.15) is 11.3 Å². The van der Waals surface area contributed by atoms with Crippen molar-refractivity contribution < 1.29 is 5.21 Å². The SMILES string of the molecule is CC(NCCc1ccsc1)C(N)=NO. The summed E-state index contributed by atoms with van der Waals surface area (Å²) in [5, 5.41) is 18.7. The molecule has 0 saturated carbocycles. The zero-order valence-corrected chi connectivity index (χ0v) is 8.92. The highest BCUT2D eigenvalue weighted by Crippen LogP contribution is 2.05. The zero-order valence-electron chi connectivity index (χ0n) is 8.10. The highest BCUT2D eigenvalue weighted by molar-refractivity contribution is 7.07. The van der Waals surface area contributed by atoms with Gasteiger partial charge in [-0.1, -0.05) is 5.16 Å². The fourth-order valence-corrected chi connectivity index (χ4v) is 1.76. The lowest BCUT2D eigenvalue weighted by Gasteiger charge is -2.11. The maximum Gasteiger partial charge on any atom is 0.156 e. The highest BCUT2D eigenvalue weighted by atomic mass is 32.1. The Morgan fingerprint density at radius 3 is 3.14 bits per heavy atom. The summed E-state index contributed by atoms with van der Waals surface area (Å²) in [7, 11) is 0. The van der Waals surface area contributed by atoms with Crippen LogP contribution in [0.5, 0.6) is 0 Å². The molecule has 0 aliphatic rings. The number of hydrogen-bond donors (Lipinski definition) is 3. The fraction of sp³-hybridized carbons (Fsp3) is 0.444. The van der Waals surface area contributed by atoms with Crippen molar-refractivity contribution >= 4 is 17.2 Å². The lowest BCUT2D eigenvalue weighted by atomic mass is 10.2. The Hall–Kier alpha value is -1.07. The molecule has 1 aromatic rings. The largest absolute Gasteiger partial charge is 0.409 e. The minimum absolute atomic E-state index is 0.0846. The van der Waals surface area contributed by atoms with Crippen molar-refractivity contribution in [3.63, 3.8) is 0 Å². The molecule has 0 spiro atoms. The van der Waals surface area contributed by atoms with Crippen LogP contribution in [0.15, 0.2) is 22.0 Å². The minimum Gasteiger partial charge on any atom is -0.409 e. The zero-order chi connectivity index (χ0) is 10.4. The smallest absolute Gasteiger partial charge is 0.156 e. The van der Waals surface area contributed by atoms with Gasteiger partial charge in [0.2, 0.25) is 0 Å². The van der Waals surface area contributed by atoms with Gasteiger partial charge in [-0.15, -0.1) is 0 Å². The molecule has 78 valence electrons. The Morgan fingerprint density at radius 1 is 1.79 bits per heavy atom. The van der Waals surface area contributed by atoms with Gasteiger partial charge in [0.1, 0.15) is 0 Å². The molecule has 1 unspecified atom stereocenters. The summed E-state index contributed by atoms with van der Waals surface area (Å²) in [5.74, 6) is 0.218. The number of nitrogens with two attached hydrogens (primary N) is 1. The van der Waals surface area contributed by atoms with Crippen LogP contribution in [0, 0.1) is 0 Å². The van der Waals surface area contributed by atoms with E-state index in [1.54, 1.807) is 11.3 Å². The first-order valence-corrected chi connectivity index (χ1v) is 5.40. The van der Waals surface area contributed by atoms with Crippen LogP contribution in [0.3, 0.4) is 0 Å². The molecule has 1 aromatic heterocycles. The first kappa shape index (κ1) is 11.0. The van der Waals surface area contributed by atoms with Crippen LogP contribution in [0.1, 0.15) is 12.5 Å². The topological polar surface area (TPSA) is 70.6 Å². The van der Waals surface area contributed by atoms with Crippen LogP contribution < -0.4 is 11.1 Å². The molecule has 1 atom stereocenters. The number of rotatable bonds is 5. The van der Waals surface area contributed by atoms with Crippen molar-refractivity contribution in [2.24, 2.45) is 10.9 Å². The number of nitrogens with one attached hydrogen (secondary N) is 1. The van der Waals surface area contributed by atoms with E-state index in [0.29, 0.717) is 0 Å². The first-order valence-electron chi connectivity index (χ1n) is 4.46. The Morgan fingerprint density at radius 2 is 2.57 bits per heavy atom. The van der Waals surface area contributed by atoms with Gasteiger partial charge in [0.25, 0.3) is 0 Å². The van der Waals surface area contributed by atoms with Crippen LogP contribution in [-0.2, 0) is 6.42 Å². The van der Waals surface area contributed by atoms with E-state index >= 15 is 0 Å². The van der Waals surface area contributed by atoms with Crippen molar-refractivity contribution in [1.82, 2.24) is 5.32 Å². The van der Waals surface area contributed by atoms with E-state index in [4.69, 9.17) is 10.9 Å². The van der Waals surface area contributed by atoms with Gasteiger partial charge in [-0.25, -0.2) is 0 Å². The van der Waals surface area contributed by atoms with Crippen molar-refractivity contribution in [1.29, 1.82) is 0 Å². The van der Waals surface area contributed by atoms with Crippen LogP contribution in [-0.4, -0.2) is 23.6 Å². The Bertz CT molecular complexity index is 284. The lowest BCUT2D eigenvalue weighted by Crippen LogP contribution is -2.39. The average Bonchev–Trinajstić information content (AvgIpc) is 2.69. The van der Waals surface area contributed by atoms with E-state index in [0.717, 1.165) is 13.0 Å². The predicted octanol–water partition coefficient (Wildman–Crippen LogP) is 1.02. The number of oxime groups is 1. The molecule has 0 aromatic carbocycles. The highest BCUT2D eigenvalue weighted by Gasteiger charge is 2.05. The second-order valence-corrected chi connectivity index (χ2v) is 3.86. The summed E-state index contributed by atoms with van der Waals surface area (Å²) >= 11 is 1.69. The monoisotopic (exact) mass is 213 g/mol. The van der Waals surface area contributed by atoms with Gasteiger partial charge in [0.15, 0.2) is 5.84 Å². The Kier molecular flexibility index (Phi) is 4.42. The standard InChI is InChI=1S/C9H15N3OS/c1-7(9(10)12-13)11-4-2-8-3-5-14-6-8/h3,5-7,11,13H,2,4H2,1H3,(H2,10,12). The van der Waals surface area contributed by atoms with Gasteiger partial charge in [-0.05, 0) is 42.3 Å². The molecule has 0 bridgehead atoms. The van der Waals surface area contributed by atoms with Gasteiger partial charge < -0.3 is 16.3 Å². The molecule has 0 aliphatic heterocycles. The molecule has 0 fully saturated rings. The molecule has 0 saturated heterocycles. The van der Waals surface area contributed by atoms with Crippen molar-refractivity contribution in [3.8, 4) is 0 Å². The summed E-state index contributed by atoms with van der Waals surface area (Å²) in [6.45, 7) is 2.69. The summed E-state index contributed by atoms with van der Waals surface area (Å²) in [6, 6.07) is 2.01. The average molecular weight is 213 g/mol. The number of hydrogen-bond acceptors (Lipinski definition) is 4. The van der Waals surface area contributed by atoms with E-state index < -0.39 is 0 Å². The molecule has 14 heavy (non-hydrogen) atoms. The third kappa shape index (κ3) is 3.35. The van der Waals surface area contributed by atoms with Gasteiger partial charge in [0.05, 0.1) is 6.04 Å². The summed E-state index contributed by atoms with van der Waals surface area (Å²) in [6.07, 6.45) is 0.965. The maximum atomic E-state index is 8.41. The predicted molar refractivity (Wildman–Crippen MR) is 58.9 cm³/mol. The number of nitrogens with zero attached hydrogens (tertiary/aromatic N) is 1. The quantitative estimate of drug-likeness (QED) is 0.296. The summed E-state index contributed by atoms with van der Waals surface area (Å²) < 4.78 is 0. The van der Waals surface area contributed by atoms with E-state index in [9.17, 15) is 0 Å². The van der Waals surface area contributed by atoms with Gasteiger partial charge in [0, 0.05) is 0 Å². The summed E-state index contributed by atoms with van der Waals surface area (Å²) in [4.78, 5) is 0. The van der Waals surface area contributed by atoms with E-state index in [1.165, 1.54) is 5.56 Å². The third-order valence-corrected chi connectivity index (χ3v) is 2.74. The molecule has 4 nitrogen and oxygen atoms in total. The second kappa shape index (κ2) is 5.62. The minimum atomic E-state index is -0.0846. The van der Waals surface area contributed by atoms with Crippen LogP contribution >= 0.6 is 11.3 Å². The summed E-state index contributed by atoms with van der Waals surface area (Å²) in [5.41, 5.74) is 6.73. The molecule has 0 aliphatic carbocycles. The first-order chi connectivity index (χ1) is 6.74. The molecule has 4 N–H and O–H groups in total. The second-order valence-electron chi connectivity index (χ2n) is 3.08. The maximum absolute atomic E-state index is 8.41. The van der Waals surface area contributed by atoms with Crippen LogP contribution in [0.25, 0.3) is 0 Å². The Labute approximate surface area is 87.4 Å². The normalized spacial score (nSPS) is 14.2. The molecular formula is C9H15N3OS. The van der Waals surface area contributed by atoms with E-state index in [2.05, 4.69) is 27.3 Å². The molecular weight excluding hydrogens is 198 g/mol. The van der Waals surface area contributed by atoms with E-state index in [-0.39, 0.29) is 11.9 Å². The molecule has 1 heterocycles. The van der Waals surface area contributed by atoms with Crippen molar-refractivity contribution in [2.75, 3.05) is 6.54 Å².